The molecule has 1 N–H and O–H groups in total. The van der Waals surface area contributed by atoms with Crippen molar-refractivity contribution in [3.8, 4) is 0 Å². The van der Waals surface area contributed by atoms with Crippen LogP contribution < -0.4 is 0 Å². The fourth-order valence-corrected chi connectivity index (χ4v) is 2.48. The topological polar surface area (TPSA) is 63.6 Å². The highest BCUT2D eigenvalue weighted by Gasteiger charge is 2.38. The lowest BCUT2D eigenvalue weighted by molar-refractivity contribution is -0.137. The molecule has 0 aromatic heterocycles. The van der Waals surface area contributed by atoms with Gasteiger partial charge in [-0.3, -0.25) is 4.79 Å². The maximum absolute atomic E-state index is 11.6. The van der Waals surface area contributed by atoms with Crippen molar-refractivity contribution in [3.63, 3.8) is 0 Å². The van der Waals surface area contributed by atoms with Crippen LogP contribution in [0.3, 0.4) is 0 Å². The zero-order chi connectivity index (χ0) is 14.0. The number of hydrogen-bond donors (Lipinski definition) is 1. The lowest BCUT2D eigenvalue weighted by Crippen LogP contribution is -2.22. The molecule has 2 rings (SSSR count). The van der Waals surface area contributed by atoms with E-state index < -0.39 is 18.2 Å². The van der Waals surface area contributed by atoms with Crippen LogP contribution in [0, 0.1) is 5.92 Å². The zero-order valence-electron chi connectivity index (χ0n) is 11.0. The van der Waals surface area contributed by atoms with Crippen molar-refractivity contribution < 1.29 is 19.4 Å². The predicted molar refractivity (Wildman–Crippen MR) is 70.3 cm³/mol. The Bertz CT molecular complexity index is 473. The molecule has 1 heterocycles. The van der Waals surface area contributed by atoms with Gasteiger partial charge in [0.1, 0.15) is 12.4 Å². The SMILES string of the molecule is C=C1C(=O)OC2/C=C(\C=O)CCC=C(C)C(O)C[C@@H]12. The van der Waals surface area contributed by atoms with E-state index in [0.29, 0.717) is 30.4 Å². The van der Waals surface area contributed by atoms with Gasteiger partial charge >= 0.3 is 5.97 Å². The first-order chi connectivity index (χ1) is 9.02. The third kappa shape index (κ3) is 2.84. The van der Waals surface area contributed by atoms with Crippen molar-refractivity contribution in [1.82, 2.24) is 0 Å². The molecule has 4 heteroatoms. The summed E-state index contributed by atoms with van der Waals surface area (Å²) in [5, 5.41) is 10.1. The standard InChI is InChI=1S/C15H18O4/c1-9-4-3-5-11(8-16)6-14-12(7-13(9)17)10(2)15(18)19-14/h4,6,8,12-14,17H,2-3,5,7H2,1H3/b9-4?,11-6-/t12-,13?,14?/m0/s1. The van der Waals surface area contributed by atoms with E-state index >= 15 is 0 Å². The lowest BCUT2D eigenvalue weighted by atomic mass is 9.86. The number of esters is 1. The van der Waals surface area contributed by atoms with Crippen LogP contribution in [0.1, 0.15) is 26.2 Å². The molecule has 1 saturated heterocycles. The summed E-state index contributed by atoms with van der Waals surface area (Å²) in [4.78, 5) is 22.6. The molecular formula is C15H18O4. The Morgan fingerprint density at radius 3 is 2.95 bits per heavy atom. The van der Waals surface area contributed by atoms with Gasteiger partial charge in [0, 0.05) is 11.5 Å². The van der Waals surface area contributed by atoms with Crippen molar-refractivity contribution in [2.75, 3.05) is 0 Å². The van der Waals surface area contributed by atoms with E-state index in [4.69, 9.17) is 4.74 Å². The molecule has 1 fully saturated rings. The summed E-state index contributed by atoms with van der Waals surface area (Å²) in [6.45, 7) is 5.59. The van der Waals surface area contributed by atoms with Crippen LogP contribution in [-0.4, -0.2) is 29.6 Å². The number of carbonyl (C=O) groups is 2. The van der Waals surface area contributed by atoms with Crippen LogP contribution in [0.15, 0.2) is 35.5 Å². The van der Waals surface area contributed by atoms with Crippen molar-refractivity contribution in [1.29, 1.82) is 0 Å². The Morgan fingerprint density at radius 1 is 1.53 bits per heavy atom. The van der Waals surface area contributed by atoms with Gasteiger partial charge in [0.25, 0.3) is 0 Å². The second kappa shape index (κ2) is 5.53. The van der Waals surface area contributed by atoms with E-state index in [1.807, 2.05) is 13.0 Å². The van der Waals surface area contributed by atoms with Gasteiger partial charge in [0.05, 0.1) is 6.10 Å². The predicted octanol–water partition coefficient (Wildman–Crippen LogP) is 1.70. The Morgan fingerprint density at radius 2 is 2.26 bits per heavy atom. The summed E-state index contributed by atoms with van der Waals surface area (Å²) in [6.07, 6.45) is 5.00. The summed E-state index contributed by atoms with van der Waals surface area (Å²) in [6, 6.07) is 0. The molecule has 0 amide bonds. The van der Waals surface area contributed by atoms with Crippen LogP contribution >= 0.6 is 0 Å². The zero-order valence-corrected chi connectivity index (χ0v) is 11.0. The number of allylic oxidation sites excluding steroid dienone is 2. The molecule has 0 aromatic carbocycles. The van der Waals surface area contributed by atoms with Crippen LogP contribution in [0.2, 0.25) is 0 Å². The fourth-order valence-electron chi connectivity index (χ4n) is 2.48. The smallest absolute Gasteiger partial charge is 0.334 e. The van der Waals surface area contributed by atoms with Crippen molar-refractivity contribution in [2.24, 2.45) is 5.92 Å². The third-order valence-corrected chi connectivity index (χ3v) is 3.78. The summed E-state index contributed by atoms with van der Waals surface area (Å²) in [5.74, 6) is -0.705. The molecule has 0 radical (unpaired) electrons. The molecule has 0 spiro atoms. The van der Waals surface area contributed by atoms with Crippen LogP contribution in [0.4, 0.5) is 0 Å². The number of hydrogen-bond acceptors (Lipinski definition) is 4. The van der Waals surface area contributed by atoms with Gasteiger partial charge in [-0.1, -0.05) is 12.7 Å². The number of aliphatic hydroxyl groups is 1. The van der Waals surface area contributed by atoms with Crippen molar-refractivity contribution in [3.05, 3.63) is 35.5 Å². The molecule has 2 aliphatic rings. The van der Waals surface area contributed by atoms with E-state index in [2.05, 4.69) is 6.58 Å². The first-order valence-electron chi connectivity index (χ1n) is 6.43. The number of aldehydes is 1. The minimum Gasteiger partial charge on any atom is -0.454 e. The average molecular weight is 262 g/mol. The Balaban J connectivity index is 2.34. The van der Waals surface area contributed by atoms with Gasteiger partial charge < -0.3 is 9.84 Å². The molecule has 4 nitrogen and oxygen atoms in total. The lowest BCUT2D eigenvalue weighted by Gasteiger charge is -2.21. The number of carbonyl (C=O) groups excluding carboxylic acids is 2. The fraction of sp³-hybridized carbons (Fsp3) is 0.467. The number of rotatable bonds is 1. The normalized spacial score (nSPS) is 34.7. The van der Waals surface area contributed by atoms with E-state index in [-0.39, 0.29) is 5.92 Å². The maximum Gasteiger partial charge on any atom is 0.334 e. The van der Waals surface area contributed by atoms with E-state index in [9.17, 15) is 14.7 Å². The van der Waals surface area contributed by atoms with Crippen molar-refractivity contribution >= 4 is 12.3 Å². The summed E-state index contributed by atoms with van der Waals surface area (Å²) in [5.41, 5.74) is 1.86. The Hall–Kier alpha value is -1.68. The summed E-state index contributed by atoms with van der Waals surface area (Å²) in [7, 11) is 0. The highest BCUT2D eigenvalue weighted by molar-refractivity contribution is 5.91. The molecule has 0 aromatic rings. The molecule has 102 valence electrons. The first-order valence-corrected chi connectivity index (χ1v) is 6.43. The van der Waals surface area contributed by atoms with Crippen molar-refractivity contribution in [2.45, 2.75) is 38.4 Å². The monoisotopic (exact) mass is 262 g/mol. The van der Waals surface area contributed by atoms with Gasteiger partial charge in [-0.2, -0.15) is 0 Å². The minimum atomic E-state index is -0.607. The second-order valence-corrected chi connectivity index (χ2v) is 5.10. The molecule has 1 aliphatic heterocycles. The average Bonchev–Trinajstić information content (AvgIpc) is 2.64. The molecule has 3 atom stereocenters. The molecule has 19 heavy (non-hydrogen) atoms. The second-order valence-electron chi connectivity index (χ2n) is 5.10. The molecule has 0 bridgehead atoms. The summed E-state index contributed by atoms with van der Waals surface area (Å²) >= 11 is 0. The number of aliphatic hydroxyl groups excluding tert-OH is 1. The van der Waals surface area contributed by atoms with Gasteiger partial charge in [0.2, 0.25) is 0 Å². The molecule has 1 aliphatic carbocycles. The number of ether oxygens (including phenoxy) is 1. The van der Waals surface area contributed by atoms with Crippen LogP contribution in [-0.2, 0) is 14.3 Å². The van der Waals surface area contributed by atoms with E-state index in [1.165, 1.54) is 0 Å². The molecule has 2 unspecified atom stereocenters. The molecular weight excluding hydrogens is 244 g/mol. The quantitative estimate of drug-likeness (QED) is 0.338. The van der Waals surface area contributed by atoms with E-state index in [1.54, 1.807) is 6.08 Å². The molecule has 0 saturated carbocycles. The highest BCUT2D eigenvalue weighted by atomic mass is 16.6. The van der Waals surface area contributed by atoms with Gasteiger partial charge in [-0.25, -0.2) is 4.79 Å². The van der Waals surface area contributed by atoms with Crippen LogP contribution in [0.5, 0.6) is 0 Å². The van der Waals surface area contributed by atoms with Gasteiger partial charge in [0.15, 0.2) is 0 Å². The number of fused-ring (bicyclic) bond motifs is 1. The van der Waals surface area contributed by atoms with Gasteiger partial charge in [-0.15, -0.1) is 0 Å². The highest BCUT2D eigenvalue weighted by Crippen LogP contribution is 2.34. The third-order valence-electron chi connectivity index (χ3n) is 3.78. The maximum atomic E-state index is 11.6. The Kier molecular flexibility index (Phi) is 4.00. The largest absolute Gasteiger partial charge is 0.454 e. The Labute approximate surface area is 112 Å². The summed E-state index contributed by atoms with van der Waals surface area (Å²) < 4.78 is 5.22. The van der Waals surface area contributed by atoms with Gasteiger partial charge in [-0.05, 0) is 43.4 Å². The minimum absolute atomic E-state index is 0.265. The van der Waals surface area contributed by atoms with Crippen LogP contribution in [0.25, 0.3) is 0 Å². The van der Waals surface area contributed by atoms with E-state index in [0.717, 1.165) is 11.9 Å². The first kappa shape index (κ1) is 13.7.